The molecular formula is C20H15N3O2. The molecule has 0 amide bonds. The van der Waals surface area contributed by atoms with E-state index in [9.17, 15) is 10.1 Å². The van der Waals surface area contributed by atoms with Gasteiger partial charge >= 0.3 is 0 Å². The summed E-state index contributed by atoms with van der Waals surface area (Å²) < 4.78 is 1.92. The molecule has 122 valence electrons. The lowest BCUT2D eigenvalue weighted by molar-refractivity contribution is -0.384. The Kier molecular flexibility index (Phi) is 3.74. The monoisotopic (exact) mass is 329 g/mol. The van der Waals surface area contributed by atoms with Crippen molar-refractivity contribution >= 4 is 16.6 Å². The van der Waals surface area contributed by atoms with Gasteiger partial charge in [0.15, 0.2) is 0 Å². The van der Waals surface area contributed by atoms with Crippen LogP contribution >= 0.6 is 0 Å². The molecule has 5 heteroatoms. The lowest BCUT2D eigenvalue weighted by atomic mass is 9.98. The van der Waals surface area contributed by atoms with Gasteiger partial charge in [-0.25, -0.2) is 0 Å². The van der Waals surface area contributed by atoms with Crippen molar-refractivity contribution < 1.29 is 4.92 Å². The molecule has 5 nitrogen and oxygen atoms in total. The molecule has 0 fully saturated rings. The summed E-state index contributed by atoms with van der Waals surface area (Å²) in [5.41, 5.74) is 3.15. The number of nitro groups is 1. The van der Waals surface area contributed by atoms with Gasteiger partial charge in [0.2, 0.25) is 0 Å². The molecule has 4 aromatic rings. The van der Waals surface area contributed by atoms with Crippen molar-refractivity contribution in [2.45, 2.75) is 6.04 Å². The van der Waals surface area contributed by atoms with Crippen LogP contribution in [0.3, 0.4) is 0 Å². The lowest BCUT2D eigenvalue weighted by Crippen LogP contribution is -2.13. The molecule has 0 aliphatic carbocycles. The highest BCUT2D eigenvalue weighted by atomic mass is 16.6. The third-order valence-corrected chi connectivity index (χ3v) is 4.27. The summed E-state index contributed by atoms with van der Waals surface area (Å²) in [4.78, 5) is 10.6. The fraction of sp³-hybridized carbons (Fsp3) is 0.0500. The lowest BCUT2D eigenvalue weighted by Gasteiger charge is -2.20. The van der Waals surface area contributed by atoms with E-state index in [1.807, 2.05) is 41.1 Å². The third-order valence-electron chi connectivity index (χ3n) is 4.27. The summed E-state index contributed by atoms with van der Waals surface area (Å²) >= 11 is 0. The van der Waals surface area contributed by atoms with Crippen molar-refractivity contribution in [2.24, 2.45) is 0 Å². The average Bonchev–Trinajstić information content (AvgIpc) is 3.07. The Morgan fingerprint density at radius 1 is 0.880 bits per heavy atom. The van der Waals surface area contributed by atoms with Crippen LogP contribution in [0.1, 0.15) is 17.2 Å². The van der Waals surface area contributed by atoms with Crippen LogP contribution in [-0.4, -0.2) is 14.7 Å². The first kappa shape index (κ1) is 15.1. The minimum atomic E-state index is -0.386. The Morgan fingerprint density at radius 2 is 1.48 bits per heavy atom. The van der Waals surface area contributed by atoms with Crippen molar-refractivity contribution in [3.8, 4) is 0 Å². The van der Waals surface area contributed by atoms with E-state index in [-0.39, 0.29) is 16.7 Å². The minimum absolute atomic E-state index is 0.0722. The van der Waals surface area contributed by atoms with Gasteiger partial charge in [-0.05, 0) is 17.2 Å². The zero-order valence-corrected chi connectivity index (χ0v) is 13.3. The Hall–Kier alpha value is -3.47. The summed E-state index contributed by atoms with van der Waals surface area (Å²) in [6, 6.07) is 25.0. The van der Waals surface area contributed by atoms with Crippen molar-refractivity contribution in [1.82, 2.24) is 9.78 Å². The number of nitrogens with zero attached hydrogens (tertiary/aromatic N) is 3. The highest BCUT2D eigenvalue weighted by Crippen LogP contribution is 2.30. The maximum Gasteiger partial charge on any atom is 0.270 e. The maximum atomic E-state index is 11.0. The SMILES string of the molecule is O=[N+]([O-])c1ccc2c(cnn2C(c2ccccc2)c2ccccc2)c1. The van der Waals surface area contributed by atoms with Crippen molar-refractivity contribution in [3.05, 3.63) is 106 Å². The number of aromatic nitrogens is 2. The Labute approximate surface area is 144 Å². The van der Waals surface area contributed by atoms with Crippen molar-refractivity contribution in [3.63, 3.8) is 0 Å². The third kappa shape index (κ3) is 2.76. The van der Waals surface area contributed by atoms with Gasteiger partial charge in [-0.1, -0.05) is 60.7 Å². The molecule has 0 saturated heterocycles. The number of rotatable bonds is 4. The Morgan fingerprint density at radius 3 is 2.04 bits per heavy atom. The van der Waals surface area contributed by atoms with Gasteiger partial charge in [0.1, 0.15) is 6.04 Å². The predicted molar refractivity (Wildman–Crippen MR) is 96.5 cm³/mol. The zero-order valence-electron chi connectivity index (χ0n) is 13.3. The van der Waals surface area contributed by atoms with Crippen LogP contribution in [0.25, 0.3) is 10.9 Å². The van der Waals surface area contributed by atoms with Crippen LogP contribution in [0.2, 0.25) is 0 Å². The Balaban J connectivity index is 1.91. The molecule has 0 radical (unpaired) electrons. The van der Waals surface area contributed by atoms with Gasteiger partial charge in [0.05, 0.1) is 16.6 Å². The molecule has 25 heavy (non-hydrogen) atoms. The van der Waals surface area contributed by atoms with Crippen LogP contribution < -0.4 is 0 Å². The number of hydrogen-bond donors (Lipinski definition) is 0. The Bertz CT molecular complexity index is 987. The molecule has 1 heterocycles. The van der Waals surface area contributed by atoms with E-state index in [0.717, 1.165) is 22.0 Å². The van der Waals surface area contributed by atoms with E-state index in [0.29, 0.717) is 0 Å². The largest absolute Gasteiger partial charge is 0.270 e. The number of hydrogen-bond acceptors (Lipinski definition) is 3. The second-order valence-corrected chi connectivity index (χ2v) is 5.81. The van der Waals surface area contributed by atoms with E-state index in [2.05, 4.69) is 29.4 Å². The highest BCUT2D eigenvalue weighted by Gasteiger charge is 2.20. The summed E-state index contributed by atoms with van der Waals surface area (Å²) in [5, 5.41) is 16.3. The summed E-state index contributed by atoms with van der Waals surface area (Å²) in [6.07, 6.45) is 1.68. The first-order valence-corrected chi connectivity index (χ1v) is 7.95. The second kappa shape index (κ2) is 6.20. The topological polar surface area (TPSA) is 61.0 Å². The van der Waals surface area contributed by atoms with Gasteiger partial charge in [-0.15, -0.1) is 0 Å². The van der Waals surface area contributed by atoms with E-state index >= 15 is 0 Å². The van der Waals surface area contributed by atoms with Gasteiger partial charge in [-0.3, -0.25) is 14.8 Å². The quantitative estimate of drug-likeness (QED) is 0.406. The molecule has 3 aromatic carbocycles. The predicted octanol–water partition coefficient (Wildman–Crippen LogP) is 4.58. The molecule has 0 aliphatic rings. The fourth-order valence-electron chi connectivity index (χ4n) is 3.11. The molecule has 4 rings (SSSR count). The van der Waals surface area contributed by atoms with Gasteiger partial charge in [0.25, 0.3) is 5.69 Å². The van der Waals surface area contributed by atoms with Crippen LogP contribution in [0.5, 0.6) is 0 Å². The first-order chi connectivity index (χ1) is 12.2. The van der Waals surface area contributed by atoms with Crippen LogP contribution in [-0.2, 0) is 0 Å². The molecule has 0 N–H and O–H groups in total. The van der Waals surface area contributed by atoms with Gasteiger partial charge < -0.3 is 0 Å². The van der Waals surface area contributed by atoms with E-state index in [4.69, 9.17) is 0 Å². The highest BCUT2D eigenvalue weighted by molar-refractivity contribution is 5.81. The number of fused-ring (bicyclic) bond motifs is 1. The van der Waals surface area contributed by atoms with Gasteiger partial charge in [-0.2, -0.15) is 5.10 Å². The molecular weight excluding hydrogens is 314 g/mol. The van der Waals surface area contributed by atoms with Gasteiger partial charge in [0, 0.05) is 17.5 Å². The van der Waals surface area contributed by atoms with E-state index in [1.54, 1.807) is 18.3 Å². The maximum absolute atomic E-state index is 11.0. The first-order valence-electron chi connectivity index (χ1n) is 7.95. The molecule has 0 unspecified atom stereocenters. The number of benzene rings is 3. The smallest absolute Gasteiger partial charge is 0.258 e. The summed E-state index contributed by atoms with van der Waals surface area (Å²) in [7, 11) is 0. The standard InChI is InChI=1S/C20H15N3O2/c24-23(25)18-11-12-19-17(13-18)14-21-22(19)20(15-7-3-1-4-8-15)16-9-5-2-6-10-16/h1-14,20H. The molecule has 0 aliphatic heterocycles. The van der Waals surface area contributed by atoms with Crippen molar-refractivity contribution in [1.29, 1.82) is 0 Å². The summed E-state index contributed by atoms with van der Waals surface area (Å²) in [6.45, 7) is 0. The number of non-ortho nitro benzene ring substituents is 1. The molecule has 1 aromatic heterocycles. The van der Waals surface area contributed by atoms with Crippen LogP contribution in [0, 0.1) is 10.1 Å². The zero-order chi connectivity index (χ0) is 17.2. The second-order valence-electron chi connectivity index (χ2n) is 5.81. The molecule has 0 bridgehead atoms. The molecule has 0 saturated carbocycles. The minimum Gasteiger partial charge on any atom is -0.258 e. The van der Waals surface area contributed by atoms with Crippen molar-refractivity contribution in [2.75, 3.05) is 0 Å². The van der Waals surface area contributed by atoms with E-state index in [1.165, 1.54) is 6.07 Å². The summed E-state index contributed by atoms with van der Waals surface area (Å²) in [5.74, 6) is 0. The average molecular weight is 329 g/mol. The van der Waals surface area contributed by atoms with Crippen LogP contribution in [0.15, 0.2) is 85.1 Å². The van der Waals surface area contributed by atoms with Crippen LogP contribution in [0.4, 0.5) is 5.69 Å². The molecule has 0 atom stereocenters. The normalized spacial score (nSPS) is 11.1. The molecule has 0 spiro atoms. The van der Waals surface area contributed by atoms with E-state index < -0.39 is 0 Å². The fourth-order valence-corrected chi connectivity index (χ4v) is 3.11. The number of nitro benzene ring substituents is 1.